The molecule has 0 aromatic carbocycles. The minimum Gasteiger partial charge on any atom is -0.354 e. The molecule has 1 rings (SSSR count). The molecule has 3 heteroatoms. The fourth-order valence-corrected chi connectivity index (χ4v) is 1.62. The number of amides is 1. The first-order valence-corrected chi connectivity index (χ1v) is 5.81. The summed E-state index contributed by atoms with van der Waals surface area (Å²) < 4.78 is 0. The number of nitrogens with two attached hydrogens (primary N) is 1. The second-order valence-corrected chi connectivity index (χ2v) is 6.02. The van der Waals surface area contributed by atoms with Crippen LogP contribution < -0.4 is 11.1 Å². The maximum Gasteiger partial charge on any atom is 0.223 e. The van der Waals surface area contributed by atoms with E-state index in [-0.39, 0.29) is 22.8 Å². The summed E-state index contributed by atoms with van der Waals surface area (Å²) in [6, 6.07) is 0. The minimum atomic E-state index is -0.118. The van der Waals surface area contributed by atoms with Crippen LogP contribution in [-0.4, -0.2) is 18.0 Å². The molecule has 1 atom stereocenters. The Kier molecular flexibility index (Phi) is 3.44. The molecular weight excluding hydrogens is 188 g/mol. The Labute approximate surface area is 92.8 Å². The third-order valence-electron chi connectivity index (χ3n) is 3.66. The molecule has 88 valence electrons. The average Bonchev–Trinajstić information content (AvgIpc) is 2.08. The van der Waals surface area contributed by atoms with Gasteiger partial charge in [-0.15, -0.1) is 0 Å². The maximum absolute atomic E-state index is 11.8. The van der Waals surface area contributed by atoms with E-state index in [0.717, 1.165) is 12.8 Å². The van der Waals surface area contributed by atoms with Gasteiger partial charge in [0.25, 0.3) is 0 Å². The lowest BCUT2D eigenvalue weighted by Gasteiger charge is -2.38. The van der Waals surface area contributed by atoms with Gasteiger partial charge in [0.05, 0.1) is 0 Å². The minimum absolute atomic E-state index is 0.0193. The largest absolute Gasteiger partial charge is 0.354 e. The first-order chi connectivity index (χ1) is 6.75. The van der Waals surface area contributed by atoms with Gasteiger partial charge in [0, 0.05) is 18.0 Å². The van der Waals surface area contributed by atoms with Crippen molar-refractivity contribution in [3.8, 4) is 0 Å². The second-order valence-electron chi connectivity index (χ2n) is 6.02. The van der Waals surface area contributed by atoms with E-state index in [2.05, 4.69) is 26.1 Å². The first kappa shape index (κ1) is 12.5. The molecule has 15 heavy (non-hydrogen) atoms. The Hall–Kier alpha value is -0.570. The van der Waals surface area contributed by atoms with Crippen LogP contribution >= 0.6 is 0 Å². The zero-order valence-electron chi connectivity index (χ0n) is 10.4. The molecule has 1 fully saturated rings. The Balaban J connectivity index is 2.36. The number of nitrogens with one attached hydrogen (secondary N) is 1. The lowest BCUT2D eigenvalue weighted by atomic mass is 9.77. The average molecular weight is 212 g/mol. The van der Waals surface area contributed by atoms with Crippen LogP contribution in [0.3, 0.4) is 0 Å². The van der Waals surface area contributed by atoms with Crippen molar-refractivity contribution in [3.63, 3.8) is 0 Å². The van der Waals surface area contributed by atoms with Gasteiger partial charge < -0.3 is 11.1 Å². The van der Waals surface area contributed by atoms with E-state index < -0.39 is 0 Å². The van der Waals surface area contributed by atoms with Crippen LogP contribution in [0.4, 0.5) is 0 Å². The summed E-state index contributed by atoms with van der Waals surface area (Å²) in [5.41, 5.74) is 5.95. The van der Waals surface area contributed by atoms with Gasteiger partial charge in [-0.2, -0.15) is 0 Å². The molecule has 0 aliphatic heterocycles. The van der Waals surface area contributed by atoms with Gasteiger partial charge in [-0.25, -0.2) is 0 Å². The Morgan fingerprint density at radius 1 is 1.47 bits per heavy atom. The van der Waals surface area contributed by atoms with Crippen molar-refractivity contribution < 1.29 is 4.79 Å². The van der Waals surface area contributed by atoms with Crippen LogP contribution in [0, 0.1) is 11.3 Å². The molecular formula is C12H24N2O. The molecule has 3 N–H and O–H groups in total. The topological polar surface area (TPSA) is 55.1 Å². The van der Waals surface area contributed by atoms with Gasteiger partial charge >= 0.3 is 0 Å². The predicted octanol–water partition coefficient (Wildman–Crippen LogP) is 1.67. The monoisotopic (exact) mass is 212 g/mol. The molecule has 1 aliphatic rings. The highest BCUT2D eigenvalue weighted by molar-refractivity contribution is 5.79. The smallest absolute Gasteiger partial charge is 0.223 e. The molecule has 0 saturated heterocycles. The zero-order valence-corrected chi connectivity index (χ0v) is 10.4. The summed E-state index contributed by atoms with van der Waals surface area (Å²) in [6.45, 7) is 8.85. The van der Waals surface area contributed by atoms with Crippen molar-refractivity contribution in [3.05, 3.63) is 0 Å². The Bertz CT molecular complexity index is 238. The fourth-order valence-electron chi connectivity index (χ4n) is 1.62. The molecule has 1 unspecified atom stereocenters. The van der Waals surface area contributed by atoms with E-state index in [1.54, 1.807) is 0 Å². The van der Waals surface area contributed by atoms with Gasteiger partial charge in [-0.1, -0.05) is 27.7 Å². The standard InChI is InChI=1S/C12H24N2O/c1-9(11(2,3)4)10(15)14-8-12(13)6-5-7-12/h9H,5-8,13H2,1-4H3,(H,14,15). The highest BCUT2D eigenvalue weighted by Gasteiger charge is 2.34. The van der Waals surface area contributed by atoms with Crippen molar-refractivity contribution in [2.75, 3.05) is 6.54 Å². The van der Waals surface area contributed by atoms with E-state index in [1.165, 1.54) is 6.42 Å². The summed E-state index contributed by atoms with van der Waals surface area (Å²) in [4.78, 5) is 11.8. The Morgan fingerprint density at radius 3 is 2.33 bits per heavy atom. The van der Waals surface area contributed by atoms with Crippen LogP contribution in [0.25, 0.3) is 0 Å². The third-order valence-corrected chi connectivity index (χ3v) is 3.66. The van der Waals surface area contributed by atoms with Crippen molar-refractivity contribution in [2.45, 2.75) is 52.5 Å². The summed E-state index contributed by atoms with van der Waals surface area (Å²) in [7, 11) is 0. The number of hydrogen-bond acceptors (Lipinski definition) is 2. The van der Waals surface area contributed by atoms with Crippen LogP contribution in [0.5, 0.6) is 0 Å². The van der Waals surface area contributed by atoms with Crippen molar-refractivity contribution >= 4 is 5.91 Å². The van der Waals surface area contributed by atoms with Crippen molar-refractivity contribution in [2.24, 2.45) is 17.1 Å². The third kappa shape index (κ3) is 3.20. The highest BCUT2D eigenvalue weighted by Crippen LogP contribution is 2.29. The summed E-state index contributed by atoms with van der Waals surface area (Å²) in [5.74, 6) is 0.153. The molecule has 0 heterocycles. The number of carbonyl (C=O) groups is 1. The summed E-state index contributed by atoms with van der Waals surface area (Å²) in [5, 5.41) is 2.97. The van der Waals surface area contributed by atoms with E-state index >= 15 is 0 Å². The number of rotatable bonds is 3. The normalized spacial score (nSPS) is 21.7. The van der Waals surface area contributed by atoms with Gasteiger partial charge in [0.15, 0.2) is 0 Å². The molecule has 0 radical (unpaired) electrons. The quantitative estimate of drug-likeness (QED) is 0.747. The first-order valence-electron chi connectivity index (χ1n) is 5.81. The summed E-state index contributed by atoms with van der Waals surface area (Å²) >= 11 is 0. The Morgan fingerprint density at radius 2 is 2.00 bits per heavy atom. The molecule has 1 amide bonds. The van der Waals surface area contributed by atoms with Gasteiger partial charge in [-0.05, 0) is 24.7 Å². The molecule has 1 saturated carbocycles. The van der Waals surface area contributed by atoms with E-state index in [1.807, 2.05) is 6.92 Å². The molecule has 0 aromatic heterocycles. The van der Waals surface area contributed by atoms with Crippen LogP contribution in [0.2, 0.25) is 0 Å². The second kappa shape index (κ2) is 4.12. The van der Waals surface area contributed by atoms with Crippen molar-refractivity contribution in [1.82, 2.24) is 5.32 Å². The lowest BCUT2D eigenvalue weighted by molar-refractivity contribution is -0.127. The summed E-state index contributed by atoms with van der Waals surface area (Å²) in [6.07, 6.45) is 3.27. The molecule has 0 aromatic rings. The zero-order chi connectivity index (χ0) is 11.7. The van der Waals surface area contributed by atoms with Gasteiger partial charge in [-0.3, -0.25) is 4.79 Å². The van der Waals surface area contributed by atoms with E-state index in [4.69, 9.17) is 5.73 Å². The lowest BCUT2D eigenvalue weighted by Crippen LogP contribution is -2.55. The van der Waals surface area contributed by atoms with Crippen LogP contribution in [-0.2, 0) is 4.79 Å². The molecule has 0 bridgehead atoms. The van der Waals surface area contributed by atoms with Gasteiger partial charge in [0.2, 0.25) is 5.91 Å². The highest BCUT2D eigenvalue weighted by atomic mass is 16.1. The van der Waals surface area contributed by atoms with E-state index in [0.29, 0.717) is 6.54 Å². The molecule has 0 spiro atoms. The number of carbonyl (C=O) groups excluding carboxylic acids is 1. The van der Waals surface area contributed by atoms with Crippen molar-refractivity contribution in [1.29, 1.82) is 0 Å². The predicted molar refractivity (Wildman–Crippen MR) is 62.4 cm³/mol. The molecule has 3 nitrogen and oxygen atoms in total. The van der Waals surface area contributed by atoms with E-state index in [9.17, 15) is 4.79 Å². The van der Waals surface area contributed by atoms with Crippen LogP contribution in [0.1, 0.15) is 47.0 Å². The maximum atomic E-state index is 11.8. The SMILES string of the molecule is CC(C(=O)NCC1(N)CCC1)C(C)(C)C. The number of hydrogen-bond donors (Lipinski definition) is 2. The fraction of sp³-hybridized carbons (Fsp3) is 0.917. The van der Waals surface area contributed by atoms with Gasteiger partial charge in [0.1, 0.15) is 0 Å². The van der Waals surface area contributed by atoms with Crippen LogP contribution in [0.15, 0.2) is 0 Å². The molecule has 1 aliphatic carbocycles.